The first-order valence-electron chi connectivity index (χ1n) is 11.5. The van der Waals surface area contributed by atoms with Crippen LogP contribution in [0.25, 0.3) is 22.5 Å². The highest BCUT2D eigenvalue weighted by atomic mass is 32.2. The molecule has 1 aliphatic rings. The average molecular weight is 492 g/mol. The quantitative estimate of drug-likeness (QED) is 0.490. The first kappa shape index (κ1) is 24.7. The maximum Gasteiger partial charge on any atom is 0.410 e. The van der Waals surface area contributed by atoms with Crippen molar-refractivity contribution >= 4 is 23.8 Å². The molecule has 182 valence electrons. The van der Waals surface area contributed by atoms with Crippen LogP contribution in [0.4, 0.5) is 4.79 Å². The van der Waals surface area contributed by atoms with Crippen molar-refractivity contribution in [2.24, 2.45) is 0 Å². The SMILES string of the molecule is CC(C)(C)OC(=O)N1CCN(C(=O)CSc2nnc(-c3ccccc3)c(-c3ccccc3)n2)CC1. The minimum atomic E-state index is -0.538. The smallest absolute Gasteiger partial charge is 0.410 e. The van der Waals surface area contributed by atoms with Gasteiger partial charge in [-0.15, -0.1) is 10.2 Å². The number of nitrogens with zero attached hydrogens (tertiary/aromatic N) is 5. The van der Waals surface area contributed by atoms with Gasteiger partial charge in [0, 0.05) is 37.3 Å². The van der Waals surface area contributed by atoms with Gasteiger partial charge >= 0.3 is 6.09 Å². The summed E-state index contributed by atoms with van der Waals surface area (Å²) in [5, 5.41) is 9.20. The zero-order chi connectivity index (χ0) is 24.8. The van der Waals surface area contributed by atoms with Gasteiger partial charge in [0.2, 0.25) is 11.1 Å². The number of amides is 2. The number of thioether (sulfide) groups is 1. The Hall–Kier alpha value is -3.46. The van der Waals surface area contributed by atoms with E-state index in [4.69, 9.17) is 9.72 Å². The van der Waals surface area contributed by atoms with Crippen LogP contribution in [-0.4, -0.2) is 74.5 Å². The van der Waals surface area contributed by atoms with Crippen molar-refractivity contribution < 1.29 is 14.3 Å². The lowest BCUT2D eigenvalue weighted by Gasteiger charge is -2.35. The van der Waals surface area contributed by atoms with Crippen LogP contribution in [0.3, 0.4) is 0 Å². The summed E-state index contributed by atoms with van der Waals surface area (Å²) in [6.45, 7) is 7.37. The molecule has 0 bridgehead atoms. The van der Waals surface area contributed by atoms with Crippen molar-refractivity contribution in [2.45, 2.75) is 31.5 Å². The van der Waals surface area contributed by atoms with E-state index in [0.717, 1.165) is 16.8 Å². The lowest BCUT2D eigenvalue weighted by molar-refractivity contribution is -0.130. The molecule has 2 amide bonds. The Morgan fingerprint density at radius 2 is 1.37 bits per heavy atom. The van der Waals surface area contributed by atoms with Crippen LogP contribution in [0.2, 0.25) is 0 Å². The maximum absolute atomic E-state index is 12.8. The van der Waals surface area contributed by atoms with E-state index in [1.54, 1.807) is 9.80 Å². The summed E-state index contributed by atoms with van der Waals surface area (Å²) in [7, 11) is 0. The van der Waals surface area contributed by atoms with Crippen molar-refractivity contribution in [1.29, 1.82) is 0 Å². The number of ether oxygens (including phenoxy) is 1. The van der Waals surface area contributed by atoms with E-state index in [1.165, 1.54) is 11.8 Å². The summed E-state index contributed by atoms with van der Waals surface area (Å²) in [6, 6.07) is 19.7. The highest BCUT2D eigenvalue weighted by Crippen LogP contribution is 2.29. The van der Waals surface area contributed by atoms with Crippen LogP contribution < -0.4 is 0 Å². The van der Waals surface area contributed by atoms with Crippen LogP contribution >= 0.6 is 11.8 Å². The second kappa shape index (κ2) is 10.9. The fraction of sp³-hybridized carbons (Fsp3) is 0.346. The molecule has 2 aromatic carbocycles. The topological polar surface area (TPSA) is 88.5 Å². The van der Waals surface area contributed by atoms with Crippen LogP contribution in [0.15, 0.2) is 65.8 Å². The Labute approximate surface area is 209 Å². The van der Waals surface area contributed by atoms with Crippen LogP contribution in [-0.2, 0) is 9.53 Å². The van der Waals surface area contributed by atoms with Gasteiger partial charge in [-0.3, -0.25) is 4.79 Å². The van der Waals surface area contributed by atoms with Gasteiger partial charge in [0.15, 0.2) is 0 Å². The highest BCUT2D eigenvalue weighted by Gasteiger charge is 2.27. The van der Waals surface area contributed by atoms with Gasteiger partial charge in [-0.2, -0.15) is 0 Å². The van der Waals surface area contributed by atoms with Crippen molar-refractivity contribution in [3.63, 3.8) is 0 Å². The van der Waals surface area contributed by atoms with Gasteiger partial charge < -0.3 is 14.5 Å². The summed E-state index contributed by atoms with van der Waals surface area (Å²) in [4.78, 5) is 33.2. The van der Waals surface area contributed by atoms with Crippen molar-refractivity contribution in [3.8, 4) is 22.5 Å². The molecule has 0 atom stereocenters. The largest absolute Gasteiger partial charge is 0.444 e. The summed E-state index contributed by atoms with van der Waals surface area (Å²) >= 11 is 1.27. The average Bonchev–Trinajstić information content (AvgIpc) is 2.87. The molecule has 0 radical (unpaired) electrons. The number of hydrogen-bond acceptors (Lipinski definition) is 7. The van der Waals surface area contributed by atoms with Gasteiger partial charge in [0.25, 0.3) is 0 Å². The molecule has 1 aromatic heterocycles. The number of hydrogen-bond donors (Lipinski definition) is 0. The fourth-order valence-electron chi connectivity index (χ4n) is 3.64. The molecule has 8 nitrogen and oxygen atoms in total. The maximum atomic E-state index is 12.8. The van der Waals surface area contributed by atoms with Gasteiger partial charge in [0.05, 0.1) is 5.75 Å². The molecule has 1 saturated heterocycles. The summed E-state index contributed by atoms with van der Waals surface area (Å²) in [6.07, 6.45) is -0.342. The van der Waals surface area contributed by atoms with E-state index in [1.807, 2.05) is 81.4 Å². The zero-order valence-electron chi connectivity index (χ0n) is 20.2. The third kappa shape index (κ3) is 6.57. The van der Waals surface area contributed by atoms with Crippen molar-refractivity contribution in [2.75, 3.05) is 31.9 Å². The van der Waals surface area contributed by atoms with Crippen LogP contribution in [0.5, 0.6) is 0 Å². The normalized spacial score (nSPS) is 14.0. The molecule has 35 heavy (non-hydrogen) atoms. The number of aromatic nitrogens is 3. The summed E-state index contributed by atoms with van der Waals surface area (Å²) in [5.74, 6) is 0.184. The fourth-order valence-corrected chi connectivity index (χ4v) is 4.33. The molecule has 9 heteroatoms. The molecule has 0 saturated carbocycles. The van der Waals surface area contributed by atoms with Gasteiger partial charge in [-0.1, -0.05) is 72.4 Å². The standard InChI is InChI=1S/C26H29N5O3S/c1-26(2,3)34-25(33)31-16-14-30(15-17-31)21(32)18-35-24-27-22(19-10-6-4-7-11-19)23(28-29-24)20-12-8-5-9-13-20/h4-13H,14-18H2,1-3H3. The molecular formula is C26H29N5O3S. The lowest BCUT2D eigenvalue weighted by atomic mass is 10.0. The number of piperazine rings is 1. The third-order valence-corrected chi connectivity index (χ3v) is 6.19. The number of benzene rings is 2. The molecule has 2 heterocycles. The van der Waals surface area contributed by atoms with Crippen molar-refractivity contribution in [3.05, 3.63) is 60.7 Å². The number of carbonyl (C=O) groups excluding carboxylic acids is 2. The minimum Gasteiger partial charge on any atom is -0.444 e. The Bertz CT molecular complexity index is 1160. The molecule has 0 spiro atoms. The predicted molar refractivity (Wildman–Crippen MR) is 136 cm³/mol. The number of carbonyl (C=O) groups is 2. The van der Waals surface area contributed by atoms with E-state index in [2.05, 4.69) is 10.2 Å². The molecule has 1 aliphatic heterocycles. The zero-order valence-corrected chi connectivity index (χ0v) is 21.0. The van der Waals surface area contributed by atoms with Gasteiger partial charge in [0.1, 0.15) is 17.0 Å². The van der Waals surface area contributed by atoms with E-state index < -0.39 is 5.60 Å². The van der Waals surface area contributed by atoms with Crippen LogP contribution in [0, 0.1) is 0 Å². The Morgan fingerprint density at radius 3 is 1.94 bits per heavy atom. The monoisotopic (exact) mass is 491 g/mol. The van der Waals surface area contributed by atoms with E-state index in [0.29, 0.717) is 37.0 Å². The molecule has 0 aliphatic carbocycles. The Kier molecular flexibility index (Phi) is 7.65. The van der Waals surface area contributed by atoms with E-state index in [9.17, 15) is 9.59 Å². The second-order valence-corrected chi connectivity index (χ2v) is 10.1. The first-order chi connectivity index (χ1) is 16.8. The Morgan fingerprint density at radius 1 is 0.829 bits per heavy atom. The molecule has 0 N–H and O–H groups in total. The van der Waals surface area contributed by atoms with Crippen LogP contribution in [0.1, 0.15) is 20.8 Å². The molecule has 4 rings (SSSR count). The Balaban J connectivity index is 1.40. The van der Waals surface area contributed by atoms with E-state index in [-0.39, 0.29) is 17.8 Å². The molecule has 1 fully saturated rings. The number of rotatable bonds is 5. The van der Waals surface area contributed by atoms with Gasteiger partial charge in [-0.05, 0) is 20.8 Å². The first-order valence-corrected chi connectivity index (χ1v) is 12.5. The summed E-state index contributed by atoms with van der Waals surface area (Å²) < 4.78 is 5.42. The van der Waals surface area contributed by atoms with E-state index >= 15 is 0 Å². The molecule has 3 aromatic rings. The summed E-state index contributed by atoms with van der Waals surface area (Å²) in [5.41, 5.74) is 2.76. The molecular weight excluding hydrogens is 462 g/mol. The molecule has 0 unspecified atom stereocenters. The lowest BCUT2D eigenvalue weighted by Crippen LogP contribution is -2.52. The second-order valence-electron chi connectivity index (χ2n) is 9.16. The predicted octanol–water partition coefficient (Wildman–Crippen LogP) is 4.38. The van der Waals surface area contributed by atoms with Crippen molar-refractivity contribution in [1.82, 2.24) is 25.0 Å². The minimum absolute atomic E-state index is 0.0177. The van der Waals surface area contributed by atoms with Gasteiger partial charge in [-0.25, -0.2) is 9.78 Å². The highest BCUT2D eigenvalue weighted by molar-refractivity contribution is 7.99. The third-order valence-electron chi connectivity index (χ3n) is 5.37.